The highest BCUT2D eigenvalue weighted by molar-refractivity contribution is 7.21. The number of pyridine rings is 2. The van der Waals surface area contributed by atoms with Crippen LogP contribution in [0.1, 0.15) is 39.5 Å². The van der Waals surface area contributed by atoms with E-state index >= 15 is 0 Å². The molecule has 6 rings (SSSR count). The number of aromatic nitrogens is 2. The Morgan fingerprint density at radius 1 is 1.27 bits per heavy atom. The highest BCUT2D eigenvalue weighted by Crippen LogP contribution is 2.37. The van der Waals surface area contributed by atoms with E-state index in [0.29, 0.717) is 17.2 Å². The van der Waals surface area contributed by atoms with Crippen LogP contribution in [-0.2, 0) is 17.6 Å². The van der Waals surface area contributed by atoms with Gasteiger partial charge >= 0.3 is 0 Å². The molecule has 33 heavy (non-hydrogen) atoms. The van der Waals surface area contributed by atoms with Gasteiger partial charge in [0, 0.05) is 28.9 Å². The molecule has 2 atom stereocenters. The van der Waals surface area contributed by atoms with E-state index in [1.165, 1.54) is 16.9 Å². The Bertz CT molecular complexity index is 1250. The number of thiophene rings is 1. The summed E-state index contributed by atoms with van der Waals surface area (Å²) in [7, 11) is 0. The Balaban J connectivity index is 1.12. The van der Waals surface area contributed by atoms with Gasteiger partial charge in [-0.2, -0.15) is 0 Å². The van der Waals surface area contributed by atoms with E-state index in [1.54, 1.807) is 0 Å². The quantitative estimate of drug-likeness (QED) is 0.543. The third-order valence-corrected chi connectivity index (χ3v) is 8.16. The van der Waals surface area contributed by atoms with Gasteiger partial charge in [0.2, 0.25) is 0 Å². The van der Waals surface area contributed by atoms with Gasteiger partial charge in [-0.25, -0.2) is 9.97 Å². The minimum Gasteiger partial charge on any atom is -0.397 e. The lowest BCUT2D eigenvalue weighted by molar-refractivity contribution is -0.0186. The maximum atomic E-state index is 13.0. The molecular formula is C24H28N6O2S. The third-order valence-electron chi connectivity index (χ3n) is 7.04. The molecule has 0 saturated carbocycles. The molecule has 3 aliphatic rings. The third kappa shape index (κ3) is 3.64. The zero-order valence-corrected chi connectivity index (χ0v) is 19.5. The van der Waals surface area contributed by atoms with E-state index in [2.05, 4.69) is 27.3 Å². The summed E-state index contributed by atoms with van der Waals surface area (Å²) in [6, 6.07) is 8.32. The van der Waals surface area contributed by atoms with E-state index in [-0.39, 0.29) is 23.6 Å². The summed E-state index contributed by atoms with van der Waals surface area (Å²) in [6.45, 7) is 4.31. The summed E-state index contributed by atoms with van der Waals surface area (Å²) in [5.74, 6) is 0.888. The fourth-order valence-electron chi connectivity index (χ4n) is 5.32. The van der Waals surface area contributed by atoms with Crippen molar-refractivity contribution in [1.82, 2.24) is 15.3 Å². The number of nitrogens with zero attached hydrogens (tertiary/aromatic N) is 3. The molecule has 2 saturated heterocycles. The van der Waals surface area contributed by atoms with Gasteiger partial charge in [0.1, 0.15) is 21.1 Å². The van der Waals surface area contributed by atoms with Gasteiger partial charge < -0.3 is 26.4 Å². The van der Waals surface area contributed by atoms with Gasteiger partial charge in [-0.15, -0.1) is 11.3 Å². The molecule has 1 spiro atoms. The number of fused-ring (bicyclic) bond motifs is 2. The maximum absolute atomic E-state index is 13.0. The van der Waals surface area contributed by atoms with Crippen LogP contribution in [0.25, 0.3) is 10.2 Å². The molecule has 5 N–H and O–H groups in total. The Labute approximate surface area is 196 Å². The molecule has 1 aliphatic carbocycles. The minimum absolute atomic E-state index is 0.0672. The topological polar surface area (TPSA) is 119 Å². The van der Waals surface area contributed by atoms with Crippen molar-refractivity contribution in [2.45, 2.75) is 50.3 Å². The number of hydrogen-bond donors (Lipinski definition) is 3. The lowest BCUT2D eigenvalue weighted by atomic mass is 9.89. The monoisotopic (exact) mass is 464 g/mol. The molecule has 9 heteroatoms. The van der Waals surface area contributed by atoms with Gasteiger partial charge in [-0.05, 0) is 56.4 Å². The molecule has 0 aromatic carbocycles. The lowest BCUT2D eigenvalue weighted by Gasteiger charge is -2.48. The highest BCUT2D eigenvalue weighted by Gasteiger charge is 2.49. The van der Waals surface area contributed by atoms with Crippen LogP contribution >= 0.6 is 11.3 Å². The summed E-state index contributed by atoms with van der Waals surface area (Å²) in [4.78, 5) is 26.0. The van der Waals surface area contributed by atoms with Crippen molar-refractivity contribution in [2.24, 2.45) is 5.73 Å². The number of nitrogens with one attached hydrogen (secondary N) is 1. The van der Waals surface area contributed by atoms with Crippen LogP contribution in [0, 0.1) is 6.92 Å². The van der Waals surface area contributed by atoms with E-state index in [9.17, 15) is 4.79 Å². The number of carbonyl (C=O) groups is 1. The van der Waals surface area contributed by atoms with E-state index < -0.39 is 0 Å². The number of carbonyl (C=O) groups excluding carboxylic acids is 1. The minimum atomic E-state index is -0.119. The van der Waals surface area contributed by atoms with Crippen LogP contribution in [0.3, 0.4) is 0 Å². The van der Waals surface area contributed by atoms with Gasteiger partial charge in [0.05, 0.1) is 25.4 Å². The molecule has 0 radical (unpaired) electrons. The Hall–Kier alpha value is -2.75. The summed E-state index contributed by atoms with van der Waals surface area (Å²) in [6.07, 6.45) is 3.41. The second-order valence-corrected chi connectivity index (χ2v) is 10.7. The first-order valence-corrected chi connectivity index (χ1v) is 12.3. The van der Waals surface area contributed by atoms with Crippen molar-refractivity contribution >= 4 is 39.0 Å². The normalized spacial score (nSPS) is 23.5. The second-order valence-electron chi connectivity index (χ2n) is 9.65. The standard InChI is InChI=1S/C24H28N6O2S/c1-13-2-5-17-20(26)21(33-23(17)27-13)22(31)28-16-4-6-18-14(8-16)3-7-19(29-18)30-11-24(12-30)9-15(25)10-32-24/h2-3,5,7,15-16H,4,6,8-12,25-26H2,1H3,(H,28,31)/t15-,16-/m0/s1. The van der Waals surface area contributed by atoms with Gasteiger partial charge in [0.15, 0.2) is 0 Å². The van der Waals surface area contributed by atoms with Crippen molar-refractivity contribution in [3.05, 3.63) is 46.1 Å². The number of ether oxygens (including phenoxy) is 1. The molecule has 0 unspecified atom stereocenters. The summed E-state index contributed by atoms with van der Waals surface area (Å²) < 4.78 is 5.93. The van der Waals surface area contributed by atoms with E-state index in [4.69, 9.17) is 21.2 Å². The zero-order valence-electron chi connectivity index (χ0n) is 18.6. The number of rotatable bonds is 3. The summed E-state index contributed by atoms with van der Waals surface area (Å²) in [5, 5.41) is 4.03. The SMILES string of the molecule is Cc1ccc2c(N)c(C(=O)N[C@H]3CCc4nc(N5CC6(C[C@H](N)CO6)C5)ccc4C3)sc2n1. The number of anilines is 2. The predicted molar refractivity (Wildman–Crippen MR) is 130 cm³/mol. The smallest absolute Gasteiger partial charge is 0.263 e. The lowest BCUT2D eigenvalue weighted by Crippen LogP contribution is -2.62. The molecule has 5 heterocycles. The number of amides is 1. The van der Waals surface area contributed by atoms with Crippen LogP contribution in [0.2, 0.25) is 0 Å². The van der Waals surface area contributed by atoms with Crippen LogP contribution < -0.4 is 21.7 Å². The van der Waals surface area contributed by atoms with E-state index in [1.807, 2.05) is 19.1 Å². The van der Waals surface area contributed by atoms with Crippen LogP contribution in [0.5, 0.6) is 0 Å². The molecule has 0 bridgehead atoms. The largest absolute Gasteiger partial charge is 0.397 e. The summed E-state index contributed by atoms with van der Waals surface area (Å²) >= 11 is 1.36. The fourth-order valence-corrected chi connectivity index (χ4v) is 6.36. The molecule has 2 aliphatic heterocycles. The number of hydrogen-bond acceptors (Lipinski definition) is 8. The number of aryl methyl sites for hydroxylation is 2. The zero-order chi connectivity index (χ0) is 22.7. The van der Waals surface area contributed by atoms with Crippen molar-refractivity contribution in [3.8, 4) is 0 Å². The van der Waals surface area contributed by atoms with E-state index in [0.717, 1.165) is 66.2 Å². The Kier molecular flexibility index (Phi) is 4.83. The molecule has 1 amide bonds. The van der Waals surface area contributed by atoms with Crippen LogP contribution in [-0.4, -0.2) is 53.3 Å². The first-order valence-electron chi connectivity index (χ1n) is 11.5. The Morgan fingerprint density at radius 3 is 2.91 bits per heavy atom. The molecular weight excluding hydrogens is 436 g/mol. The average molecular weight is 465 g/mol. The molecule has 3 aromatic rings. The van der Waals surface area contributed by atoms with Gasteiger partial charge in [0.25, 0.3) is 5.91 Å². The number of nitrogens with two attached hydrogens (primary N) is 2. The van der Waals surface area contributed by atoms with Crippen molar-refractivity contribution in [3.63, 3.8) is 0 Å². The van der Waals surface area contributed by atoms with Crippen molar-refractivity contribution in [1.29, 1.82) is 0 Å². The Morgan fingerprint density at radius 2 is 2.12 bits per heavy atom. The average Bonchev–Trinajstić information content (AvgIpc) is 3.32. The van der Waals surface area contributed by atoms with Crippen molar-refractivity contribution in [2.75, 3.05) is 30.3 Å². The van der Waals surface area contributed by atoms with Crippen LogP contribution in [0.4, 0.5) is 11.5 Å². The predicted octanol–water partition coefficient (Wildman–Crippen LogP) is 2.18. The first-order chi connectivity index (χ1) is 15.9. The van der Waals surface area contributed by atoms with Crippen LogP contribution in [0.15, 0.2) is 24.3 Å². The van der Waals surface area contributed by atoms with Crippen molar-refractivity contribution < 1.29 is 9.53 Å². The number of nitrogen functional groups attached to an aromatic ring is 1. The van der Waals surface area contributed by atoms with Gasteiger partial charge in [-0.3, -0.25) is 4.79 Å². The second kappa shape index (κ2) is 7.65. The molecule has 172 valence electrons. The molecule has 3 aromatic heterocycles. The first kappa shape index (κ1) is 20.8. The fraction of sp³-hybridized carbons (Fsp3) is 0.458. The summed E-state index contributed by atoms with van der Waals surface area (Å²) in [5.41, 5.74) is 16.0. The maximum Gasteiger partial charge on any atom is 0.263 e. The molecule has 8 nitrogen and oxygen atoms in total. The highest BCUT2D eigenvalue weighted by atomic mass is 32.1. The molecule has 2 fully saturated rings. The van der Waals surface area contributed by atoms with Gasteiger partial charge in [-0.1, -0.05) is 6.07 Å².